The van der Waals surface area contributed by atoms with Crippen LogP contribution in [0.15, 0.2) is 18.2 Å². The SMILES string of the molecule is COc1cccc(C2(C(=O)O)CC2)c1OC1CSC1. The Balaban J connectivity index is 2.00. The van der Waals surface area contributed by atoms with E-state index < -0.39 is 11.4 Å². The van der Waals surface area contributed by atoms with Crippen LogP contribution in [0.5, 0.6) is 11.5 Å². The van der Waals surface area contributed by atoms with Gasteiger partial charge in [0.05, 0.1) is 12.5 Å². The normalized spacial score (nSPS) is 20.5. The van der Waals surface area contributed by atoms with E-state index in [1.54, 1.807) is 7.11 Å². The molecule has 1 aromatic carbocycles. The van der Waals surface area contributed by atoms with Crippen molar-refractivity contribution in [2.45, 2.75) is 24.4 Å². The molecule has 5 heteroatoms. The molecule has 102 valence electrons. The van der Waals surface area contributed by atoms with Crippen LogP contribution in [0.3, 0.4) is 0 Å². The van der Waals surface area contributed by atoms with Crippen molar-refractivity contribution in [3.63, 3.8) is 0 Å². The molecule has 19 heavy (non-hydrogen) atoms. The summed E-state index contributed by atoms with van der Waals surface area (Å²) in [6, 6.07) is 5.51. The first-order chi connectivity index (χ1) is 9.17. The largest absolute Gasteiger partial charge is 0.493 e. The van der Waals surface area contributed by atoms with Crippen LogP contribution in [0, 0.1) is 0 Å². The standard InChI is InChI=1S/C14H16O4S/c1-17-11-4-2-3-10(14(5-6-14)13(15)16)12(11)18-9-7-19-8-9/h2-4,9H,5-8H2,1H3,(H,15,16). The quantitative estimate of drug-likeness (QED) is 0.897. The third-order valence-electron chi connectivity index (χ3n) is 3.77. The van der Waals surface area contributed by atoms with Gasteiger partial charge in [0.15, 0.2) is 11.5 Å². The molecular formula is C14H16O4S. The van der Waals surface area contributed by atoms with Crippen LogP contribution in [0.2, 0.25) is 0 Å². The number of hydrogen-bond acceptors (Lipinski definition) is 4. The van der Waals surface area contributed by atoms with Crippen LogP contribution >= 0.6 is 11.8 Å². The number of hydrogen-bond donors (Lipinski definition) is 1. The van der Waals surface area contributed by atoms with Crippen molar-refractivity contribution in [1.29, 1.82) is 0 Å². The van der Waals surface area contributed by atoms with Gasteiger partial charge in [-0.25, -0.2) is 0 Å². The number of thioether (sulfide) groups is 1. The molecule has 0 unspecified atom stereocenters. The first-order valence-electron chi connectivity index (χ1n) is 6.32. The van der Waals surface area contributed by atoms with E-state index >= 15 is 0 Å². The fraction of sp³-hybridized carbons (Fsp3) is 0.500. The molecule has 3 rings (SSSR count). The van der Waals surface area contributed by atoms with Gasteiger partial charge < -0.3 is 14.6 Å². The summed E-state index contributed by atoms with van der Waals surface area (Å²) in [4.78, 5) is 11.5. The molecule has 1 N–H and O–H groups in total. The molecule has 0 atom stereocenters. The number of rotatable bonds is 5. The summed E-state index contributed by atoms with van der Waals surface area (Å²) in [7, 11) is 1.59. The van der Waals surface area contributed by atoms with Crippen LogP contribution in [-0.2, 0) is 10.2 Å². The summed E-state index contributed by atoms with van der Waals surface area (Å²) in [6.45, 7) is 0. The zero-order chi connectivity index (χ0) is 13.5. The smallest absolute Gasteiger partial charge is 0.314 e. The number of ether oxygens (including phenoxy) is 2. The second kappa shape index (κ2) is 4.63. The van der Waals surface area contributed by atoms with Crippen LogP contribution in [0.1, 0.15) is 18.4 Å². The van der Waals surface area contributed by atoms with Crippen molar-refractivity contribution in [3.05, 3.63) is 23.8 Å². The molecule has 0 aromatic heterocycles. The lowest BCUT2D eigenvalue weighted by Gasteiger charge is -2.29. The number of methoxy groups -OCH3 is 1. The summed E-state index contributed by atoms with van der Waals surface area (Å²) < 4.78 is 11.3. The van der Waals surface area contributed by atoms with Crippen LogP contribution in [0.25, 0.3) is 0 Å². The second-order valence-electron chi connectivity index (χ2n) is 5.00. The predicted molar refractivity (Wildman–Crippen MR) is 73.3 cm³/mol. The summed E-state index contributed by atoms with van der Waals surface area (Å²) in [6.07, 6.45) is 1.51. The van der Waals surface area contributed by atoms with Gasteiger partial charge in [-0.1, -0.05) is 12.1 Å². The average molecular weight is 280 g/mol. The highest BCUT2D eigenvalue weighted by Gasteiger charge is 2.54. The lowest BCUT2D eigenvalue weighted by Crippen LogP contribution is -2.32. The molecule has 1 aliphatic carbocycles. The number of benzene rings is 1. The summed E-state index contributed by atoms with van der Waals surface area (Å²) in [5.74, 6) is 2.39. The summed E-state index contributed by atoms with van der Waals surface area (Å²) >= 11 is 1.83. The molecule has 1 saturated heterocycles. The highest BCUT2D eigenvalue weighted by atomic mass is 32.2. The van der Waals surface area contributed by atoms with Crippen molar-refractivity contribution < 1.29 is 19.4 Å². The number of carbonyl (C=O) groups is 1. The van der Waals surface area contributed by atoms with Crippen molar-refractivity contribution in [2.75, 3.05) is 18.6 Å². The Morgan fingerprint density at radius 1 is 1.42 bits per heavy atom. The van der Waals surface area contributed by atoms with E-state index in [-0.39, 0.29) is 6.10 Å². The first-order valence-corrected chi connectivity index (χ1v) is 7.48. The van der Waals surface area contributed by atoms with E-state index in [9.17, 15) is 9.90 Å². The van der Waals surface area contributed by atoms with E-state index in [0.29, 0.717) is 24.3 Å². The Labute approximate surface area is 116 Å². The minimum Gasteiger partial charge on any atom is -0.493 e. The molecule has 1 aliphatic heterocycles. The van der Waals surface area contributed by atoms with Gasteiger partial charge in [0.25, 0.3) is 0 Å². The van der Waals surface area contributed by atoms with Gasteiger partial charge in [-0.3, -0.25) is 4.79 Å². The number of carboxylic acids is 1. The van der Waals surface area contributed by atoms with E-state index in [0.717, 1.165) is 17.1 Å². The molecule has 1 aromatic rings. The monoisotopic (exact) mass is 280 g/mol. The summed E-state index contributed by atoms with van der Waals surface area (Å²) in [5.41, 5.74) is -0.00271. The van der Waals surface area contributed by atoms with E-state index in [2.05, 4.69) is 0 Å². The molecule has 1 saturated carbocycles. The minimum atomic E-state index is -0.770. The second-order valence-corrected chi connectivity index (χ2v) is 6.08. The van der Waals surface area contributed by atoms with E-state index in [1.807, 2.05) is 30.0 Å². The molecule has 0 spiro atoms. The van der Waals surface area contributed by atoms with Gasteiger partial charge >= 0.3 is 5.97 Å². The highest BCUT2D eigenvalue weighted by Crippen LogP contribution is 2.53. The maximum atomic E-state index is 11.5. The molecule has 4 nitrogen and oxygen atoms in total. The minimum absolute atomic E-state index is 0.171. The van der Waals surface area contributed by atoms with Gasteiger partial charge in [0.2, 0.25) is 0 Å². The van der Waals surface area contributed by atoms with Crippen molar-refractivity contribution in [2.24, 2.45) is 0 Å². The lowest BCUT2D eigenvalue weighted by atomic mass is 9.94. The van der Waals surface area contributed by atoms with Crippen molar-refractivity contribution in [1.82, 2.24) is 0 Å². The molecular weight excluding hydrogens is 264 g/mol. The Bertz CT molecular complexity index is 506. The van der Waals surface area contributed by atoms with Crippen LogP contribution in [-0.4, -0.2) is 35.8 Å². The van der Waals surface area contributed by atoms with Gasteiger partial charge in [-0.15, -0.1) is 0 Å². The molecule has 2 aliphatic rings. The highest BCUT2D eigenvalue weighted by molar-refractivity contribution is 8.00. The van der Waals surface area contributed by atoms with Crippen molar-refractivity contribution >= 4 is 17.7 Å². The van der Waals surface area contributed by atoms with Crippen LogP contribution < -0.4 is 9.47 Å². The van der Waals surface area contributed by atoms with Gasteiger partial charge in [-0.2, -0.15) is 11.8 Å². The Morgan fingerprint density at radius 3 is 2.63 bits per heavy atom. The summed E-state index contributed by atoms with van der Waals surface area (Å²) in [5, 5.41) is 9.45. The van der Waals surface area contributed by atoms with Gasteiger partial charge in [0.1, 0.15) is 6.10 Å². The van der Waals surface area contributed by atoms with Gasteiger partial charge in [0, 0.05) is 17.1 Å². The van der Waals surface area contributed by atoms with Gasteiger partial charge in [-0.05, 0) is 18.9 Å². The zero-order valence-electron chi connectivity index (χ0n) is 10.7. The fourth-order valence-electron chi connectivity index (χ4n) is 2.35. The zero-order valence-corrected chi connectivity index (χ0v) is 11.5. The maximum absolute atomic E-state index is 11.5. The lowest BCUT2D eigenvalue weighted by molar-refractivity contribution is -0.140. The average Bonchev–Trinajstić information content (AvgIpc) is 3.14. The Morgan fingerprint density at radius 2 is 2.16 bits per heavy atom. The number of para-hydroxylation sites is 1. The van der Waals surface area contributed by atoms with Crippen molar-refractivity contribution in [3.8, 4) is 11.5 Å². The maximum Gasteiger partial charge on any atom is 0.314 e. The Kier molecular flexibility index (Phi) is 3.09. The topological polar surface area (TPSA) is 55.8 Å². The Hall–Kier alpha value is -1.36. The van der Waals surface area contributed by atoms with E-state index in [1.165, 1.54) is 0 Å². The molecule has 0 amide bonds. The van der Waals surface area contributed by atoms with E-state index in [4.69, 9.17) is 9.47 Å². The predicted octanol–water partition coefficient (Wildman–Crippen LogP) is 2.31. The number of carboxylic acid groups (broad SMARTS) is 1. The molecule has 2 fully saturated rings. The molecule has 0 bridgehead atoms. The number of aliphatic carboxylic acids is 1. The first kappa shape index (κ1) is 12.7. The molecule has 1 heterocycles. The fourth-order valence-corrected chi connectivity index (χ4v) is 2.91. The van der Waals surface area contributed by atoms with Crippen LogP contribution in [0.4, 0.5) is 0 Å². The third-order valence-corrected chi connectivity index (χ3v) is 4.98. The third kappa shape index (κ3) is 2.06. The molecule has 0 radical (unpaired) electrons.